The fourth-order valence-corrected chi connectivity index (χ4v) is 3.88. The third kappa shape index (κ3) is 5.16. The maximum atomic E-state index is 6.03. The Bertz CT molecular complexity index is 844. The molecule has 1 N–H and O–H groups in total. The largest absolute Gasteiger partial charge is 0.381 e. The summed E-state index contributed by atoms with van der Waals surface area (Å²) in [7, 11) is 0. The van der Waals surface area contributed by atoms with Crippen LogP contribution in [0, 0.1) is 0 Å². The molecule has 0 unspecified atom stereocenters. The molecule has 4 nitrogen and oxygen atoms in total. The monoisotopic (exact) mass is 380 g/mol. The van der Waals surface area contributed by atoms with Gasteiger partial charge in [0, 0.05) is 30.7 Å². The average molecular weight is 381 g/mol. The summed E-state index contributed by atoms with van der Waals surface area (Å²) >= 11 is 1.64. The van der Waals surface area contributed by atoms with E-state index in [0.717, 1.165) is 49.0 Å². The van der Waals surface area contributed by atoms with Crippen LogP contribution < -0.4 is 5.32 Å². The Balaban J connectivity index is 1.31. The molecule has 5 heteroatoms. The van der Waals surface area contributed by atoms with Gasteiger partial charge in [-0.1, -0.05) is 54.6 Å². The highest BCUT2D eigenvalue weighted by molar-refractivity contribution is 7.14. The Labute approximate surface area is 164 Å². The van der Waals surface area contributed by atoms with Gasteiger partial charge < -0.3 is 14.8 Å². The van der Waals surface area contributed by atoms with Crippen molar-refractivity contribution in [2.45, 2.75) is 32.1 Å². The van der Waals surface area contributed by atoms with Gasteiger partial charge in [0.1, 0.15) is 0 Å². The van der Waals surface area contributed by atoms with Crippen molar-refractivity contribution >= 4 is 16.5 Å². The highest BCUT2D eigenvalue weighted by Crippen LogP contribution is 2.25. The highest BCUT2D eigenvalue weighted by Gasteiger charge is 2.14. The van der Waals surface area contributed by atoms with Crippen molar-refractivity contribution in [3.63, 3.8) is 0 Å². The zero-order valence-electron chi connectivity index (χ0n) is 15.3. The van der Waals surface area contributed by atoms with E-state index in [-0.39, 0.29) is 0 Å². The first kappa shape index (κ1) is 18.2. The van der Waals surface area contributed by atoms with Gasteiger partial charge in [-0.05, 0) is 24.0 Å². The Morgan fingerprint density at radius 1 is 1.04 bits per heavy atom. The van der Waals surface area contributed by atoms with Gasteiger partial charge >= 0.3 is 0 Å². The summed E-state index contributed by atoms with van der Waals surface area (Å²) in [5.41, 5.74) is 4.61. The molecule has 0 radical (unpaired) electrons. The van der Waals surface area contributed by atoms with Gasteiger partial charge in [-0.3, -0.25) is 0 Å². The van der Waals surface area contributed by atoms with Crippen LogP contribution in [0.5, 0.6) is 0 Å². The third-order valence-corrected chi connectivity index (χ3v) is 5.46. The fourth-order valence-electron chi connectivity index (χ4n) is 3.16. The Morgan fingerprint density at radius 3 is 2.70 bits per heavy atom. The standard InChI is InChI=1S/C22H24N2O2S/c1-2-7-19(8-3-1)21-16-27-22(24-21)23-14-17-5-4-6-18(13-17)15-26-20-9-11-25-12-10-20/h1-8,13,16,20H,9-12,14-15H2,(H,23,24). The van der Waals surface area contributed by atoms with Crippen molar-refractivity contribution in [3.05, 3.63) is 71.1 Å². The minimum absolute atomic E-state index is 0.326. The Kier molecular flexibility index (Phi) is 6.14. The summed E-state index contributed by atoms with van der Waals surface area (Å²) in [5, 5.41) is 6.47. The lowest BCUT2D eigenvalue weighted by molar-refractivity contribution is -0.0390. The molecule has 140 valence electrons. The molecule has 0 bridgehead atoms. The normalized spacial score (nSPS) is 15.0. The predicted molar refractivity (Wildman–Crippen MR) is 110 cm³/mol. The lowest BCUT2D eigenvalue weighted by Gasteiger charge is -2.22. The maximum absolute atomic E-state index is 6.03. The van der Waals surface area contributed by atoms with E-state index >= 15 is 0 Å². The topological polar surface area (TPSA) is 43.4 Å². The molecule has 0 amide bonds. The van der Waals surface area contributed by atoms with Crippen LogP contribution in [0.25, 0.3) is 11.3 Å². The minimum atomic E-state index is 0.326. The molecule has 1 fully saturated rings. The number of hydrogen-bond acceptors (Lipinski definition) is 5. The van der Waals surface area contributed by atoms with E-state index in [4.69, 9.17) is 9.47 Å². The van der Waals surface area contributed by atoms with E-state index in [0.29, 0.717) is 12.7 Å². The van der Waals surface area contributed by atoms with E-state index in [1.807, 2.05) is 18.2 Å². The maximum Gasteiger partial charge on any atom is 0.183 e. The summed E-state index contributed by atoms with van der Waals surface area (Å²) < 4.78 is 11.4. The molecule has 3 aromatic rings. The predicted octanol–water partition coefficient (Wildman–Crippen LogP) is 5.12. The molecule has 2 heterocycles. The van der Waals surface area contributed by atoms with Crippen LogP contribution in [0.1, 0.15) is 24.0 Å². The zero-order valence-corrected chi connectivity index (χ0v) is 16.1. The fraction of sp³-hybridized carbons (Fsp3) is 0.318. The van der Waals surface area contributed by atoms with Gasteiger partial charge in [-0.15, -0.1) is 11.3 Å². The van der Waals surface area contributed by atoms with Crippen LogP contribution in [-0.2, 0) is 22.6 Å². The summed E-state index contributed by atoms with van der Waals surface area (Å²) in [6.45, 7) is 3.04. The number of aromatic nitrogens is 1. The summed E-state index contributed by atoms with van der Waals surface area (Å²) in [6, 6.07) is 18.8. The first-order valence-electron chi connectivity index (χ1n) is 9.39. The average Bonchev–Trinajstić information content (AvgIpc) is 3.22. The van der Waals surface area contributed by atoms with Crippen LogP contribution in [0.2, 0.25) is 0 Å². The molecular weight excluding hydrogens is 356 g/mol. The molecule has 0 spiro atoms. The van der Waals surface area contributed by atoms with Crippen LogP contribution in [0.15, 0.2) is 60.0 Å². The molecule has 0 atom stereocenters. The van der Waals surface area contributed by atoms with E-state index in [1.165, 1.54) is 11.1 Å². The number of anilines is 1. The number of hydrogen-bond donors (Lipinski definition) is 1. The zero-order chi connectivity index (χ0) is 18.3. The first-order chi connectivity index (χ1) is 13.4. The lowest BCUT2D eigenvalue weighted by atomic mass is 10.1. The summed E-state index contributed by atoms with van der Waals surface area (Å²) in [4.78, 5) is 4.69. The van der Waals surface area contributed by atoms with Gasteiger partial charge in [0.05, 0.1) is 18.4 Å². The van der Waals surface area contributed by atoms with E-state index in [2.05, 4.69) is 52.1 Å². The molecule has 1 aliphatic heterocycles. The number of ether oxygens (including phenoxy) is 2. The van der Waals surface area contributed by atoms with Crippen molar-refractivity contribution in [3.8, 4) is 11.3 Å². The second-order valence-electron chi connectivity index (χ2n) is 6.70. The first-order valence-corrected chi connectivity index (χ1v) is 10.3. The van der Waals surface area contributed by atoms with Crippen molar-refractivity contribution in [1.29, 1.82) is 0 Å². The molecule has 4 rings (SSSR count). The van der Waals surface area contributed by atoms with Crippen LogP contribution in [0.3, 0.4) is 0 Å². The molecule has 0 aliphatic carbocycles. The number of rotatable bonds is 7. The van der Waals surface area contributed by atoms with E-state index < -0.39 is 0 Å². The Hall–Kier alpha value is -2.21. The Morgan fingerprint density at radius 2 is 1.85 bits per heavy atom. The molecular formula is C22H24N2O2S. The summed E-state index contributed by atoms with van der Waals surface area (Å²) in [5.74, 6) is 0. The SMILES string of the molecule is c1ccc(-c2csc(NCc3cccc(COC4CCOCC4)c3)n2)cc1. The number of nitrogens with zero attached hydrogens (tertiary/aromatic N) is 1. The molecule has 1 aromatic heterocycles. The van der Waals surface area contributed by atoms with Crippen molar-refractivity contribution in [2.75, 3.05) is 18.5 Å². The van der Waals surface area contributed by atoms with Gasteiger partial charge in [0.25, 0.3) is 0 Å². The van der Waals surface area contributed by atoms with Crippen LogP contribution in [0.4, 0.5) is 5.13 Å². The van der Waals surface area contributed by atoms with Crippen molar-refractivity contribution < 1.29 is 9.47 Å². The number of benzene rings is 2. The minimum Gasteiger partial charge on any atom is -0.381 e. The second kappa shape index (κ2) is 9.13. The highest BCUT2D eigenvalue weighted by atomic mass is 32.1. The van der Waals surface area contributed by atoms with Crippen LogP contribution >= 0.6 is 11.3 Å². The van der Waals surface area contributed by atoms with E-state index in [1.54, 1.807) is 11.3 Å². The van der Waals surface area contributed by atoms with Gasteiger partial charge in [-0.2, -0.15) is 0 Å². The van der Waals surface area contributed by atoms with Gasteiger partial charge in [0.15, 0.2) is 5.13 Å². The molecule has 0 saturated carbocycles. The quantitative estimate of drug-likeness (QED) is 0.618. The smallest absolute Gasteiger partial charge is 0.183 e. The summed E-state index contributed by atoms with van der Waals surface area (Å²) in [6.07, 6.45) is 2.32. The molecule has 27 heavy (non-hydrogen) atoms. The molecule has 1 saturated heterocycles. The third-order valence-electron chi connectivity index (χ3n) is 4.66. The van der Waals surface area contributed by atoms with Crippen molar-refractivity contribution in [2.24, 2.45) is 0 Å². The molecule has 2 aromatic carbocycles. The number of nitrogens with one attached hydrogen (secondary N) is 1. The number of thiazole rings is 1. The van der Waals surface area contributed by atoms with Crippen molar-refractivity contribution in [1.82, 2.24) is 4.98 Å². The van der Waals surface area contributed by atoms with Crippen LogP contribution in [-0.4, -0.2) is 24.3 Å². The van der Waals surface area contributed by atoms with Gasteiger partial charge in [-0.25, -0.2) is 4.98 Å². The second-order valence-corrected chi connectivity index (χ2v) is 7.56. The van der Waals surface area contributed by atoms with E-state index in [9.17, 15) is 0 Å². The molecule has 1 aliphatic rings. The van der Waals surface area contributed by atoms with Gasteiger partial charge in [0.2, 0.25) is 0 Å². The lowest BCUT2D eigenvalue weighted by Crippen LogP contribution is -2.23.